The lowest BCUT2D eigenvalue weighted by molar-refractivity contribution is 0.207. The topological polar surface area (TPSA) is 71.2 Å². The summed E-state index contributed by atoms with van der Waals surface area (Å²) in [6.07, 6.45) is -0.452. The molecule has 1 aromatic heterocycles. The molecule has 16 heavy (non-hydrogen) atoms. The summed E-state index contributed by atoms with van der Waals surface area (Å²) in [5.41, 5.74) is 0.899. The van der Waals surface area contributed by atoms with Crippen molar-refractivity contribution in [2.45, 2.75) is 13.0 Å². The molecule has 0 bridgehead atoms. The Morgan fingerprint density at radius 1 is 1.38 bits per heavy atom. The maximum atomic E-state index is 9.09. The quantitative estimate of drug-likeness (QED) is 0.816. The summed E-state index contributed by atoms with van der Waals surface area (Å²) in [5.74, 6) is 0.536. The Kier molecular flexibility index (Phi) is 3.16. The highest BCUT2D eigenvalue weighted by molar-refractivity contribution is 5.54. The van der Waals surface area contributed by atoms with Gasteiger partial charge < -0.3 is 14.9 Å². The third kappa shape index (κ3) is 2.58. The molecular weight excluding hydrogens is 206 g/mol. The van der Waals surface area contributed by atoms with Gasteiger partial charge in [0.1, 0.15) is 0 Å². The Labute approximate surface area is 93.1 Å². The minimum Gasteiger partial charge on any atom is -0.392 e. The number of aliphatic hydroxyl groups excluding tert-OH is 1. The first kappa shape index (κ1) is 10.6. The number of rotatable bonds is 4. The van der Waals surface area contributed by atoms with Crippen LogP contribution in [0.1, 0.15) is 6.92 Å². The van der Waals surface area contributed by atoms with E-state index in [0.29, 0.717) is 18.4 Å². The maximum absolute atomic E-state index is 9.09. The molecule has 2 rings (SSSR count). The number of aromatic nitrogens is 2. The summed E-state index contributed by atoms with van der Waals surface area (Å²) in [5, 5.41) is 15.8. The van der Waals surface area contributed by atoms with Crippen molar-refractivity contribution < 1.29 is 9.63 Å². The fourth-order valence-corrected chi connectivity index (χ4v) is 1.23. The smallest absolute Gasteiger partial charge is 0.321 e. The lowest BCUT2D eigenvalue weighted by Crippen LogP contribution is -2.15. The predicted molar refractivity (Wildman–Crippen MR) is 59.9 cm³/mol. The molecule has 0 aliphatic rings. The number of aliphatic hydroxyl groups is 1. The number of hydrogen-bond donors (Lipinski definition) is 2. The zero-order valence-corrected chi connectivity index (χ0v) is 8.92. The van der Waals surface area contributed by atoms with Gasteiger partial charge in [-0.05, 0) is 6.92 Å². The first-order chi connectivity index (χ1) is 7.75. The SMILES string of the molecule is CC(O)CNc1nc(-c2ccccc2)no1. The van der Waals surface area contributed by atoms with Crippen molar-refractivity contribution in [1.82, 2.24) is 10.1 Å². The number of anilines is 1. The molecule has 1 heterocycles. The molecule has 0 spiro atoms. The van der Waals surface area contributed by atoms with Crippen molar-refractivity contribution in [3.8, 4) is 11.4 Å². The van der Waals surface area contributed by atoms with Crippen LogP contribution < -0.4 is 5.32 Å². The molecule has 1 aromatic carbocycles. The average Bonchev–Trinajstić information content (AvgIpc) is 2.76. The van der Waals surface area contributed by atoms with E-state index in [9.17, 15) is 0 Å². The van der Waals surface area contributed by atoms with Gasteiger partial charge in [0.25, 0.3) is 0 Å². The highest BCUT2D eigenvalue weighted by Gasteiger charge is 2.07. The van der Waals surface area contributed by atoms with E-state index in [1.54, 1.807) is 6.92 Å². The van der Waals surface area contributed by atoms with E-state index in [2.05, 4.69) is 15.5 Å². The molecule has 5 nitrogen and oxygen atoms in total. The molecule has 0 saturated carbocycles. The average molecular weight is 219 g/mol. The van der Waals surface area contributed by atoms with E-state index in [-0.39, 0.29) is 0 Å². The molecule has 0 fully saturated rings. The molecule has 0 radical (unpaired) electrons. The summed E-state index contributed by atoms with van der Waals surface area (Å²) >= 11 is 0. The monoisotopic (exact) mass is 219 g/mol. The van der Waals surface area contributed by atoms with Crippen LogP contribution in [0.15, 0.2) is 34.9 Å². The van der Waals surface area contributed by atoms with Crippen LogP contribution in [-0.2, 0) is 0 Å². The summed E-state index contributed by atoms with van der Waals surface area (Å²) in [6.45, 7) is 2.07. The van der Waals surface area contributed by atoms with E-state index < -0.39 is 6.10 Å². The molecule has 5 heteroatoms. The van der Waals surface area contributed by atoms with Gasteiger partial charge in [-0.25, -0.2) is 0 Å². The van der Waals surface area contributed by atoms with Gasteiger partial charge in [0.15, 0.2) is 0 Å². The van der Waals surface area contributed by atoms with Gasteiger partial charge in [-0.1, -0.05) is 35.5 Å². The van der Waals surface area contributed by atoms with E-state index in [1.165, 1.54) is 0 Å². The van der Waals surface area contributed by atoms with Gasteiger partial charge >= 0.3 is 6.01 Å². The fraction of sp³-hybridized carbons (Fsp3) is 0.273. The first-order valence-electron chi connectivity index (χ1n) is 5.07. The zero-order chi connectivity index (χ0) is 11.4. The summed E-state index contributed by atoms with van der Waals surface area (Å²) in [6, 6.07) is 9.88. The normalized spacial score (nSPS) is 12.4. The van der Waals surface area contributed by atoms with Crippen molar-refractivity contribution >= 4 is 6.01 Å². The van der Waals surface area contributed by atoms with Crippen molar-refractivity contribution in [3.63, 3.8) is 0 Å². The predicted octanol–water partition coefficient (Wildman–Crippen LogP) is 1.53. The van der Waals surface area contributed by atoms with Crippen molar-refractivity contribution in [2.24, 2.45) is 0 Å². The molecular formula is C11H13N3O2. The van der Waals surface area contributed by atoms with E-state index in [0.717, 1.165) is 5.56 Å². The maximum Gasteiger partial charge on any atom is 0.321 e. The van der Waals surface area contributed by atoms with Gasteiger partial charge in [-0.2, -0.15) is 4.98 Å². The molecule has 2 aromatic rings. The summed E-state index contributed by atoms with van der Waals surface area (Å²) in [4.78, 5) is 4.15. The molecule has 84 valence electrons. The number of hydrogen-bond acceptors (Lipinski definition) is 5. The van der Waals surface area contributed by atoms with E-state index >= 15 is 0 Å². The molecule has 0 aliphatic heterocycles. The molecule has 1 unspecified atom stereocenters. The van der Waals surface area contributed by atoms with Crippen LogP contribution in [0.2, 0.25) is 0 Å². The number of benzene rings is 1. The number of nitrogens with zero attached hydrogens (tertiary/aromatic N) is 2. The Bertz CT molecular complexity index is 440. The van der Waals surface area contributed by atoms with Crippen LogP contribution in [0.4, 0.5) is 6.01 Å². The summed E-state index contributed by atoms with van der Waals surface area (Å²) in [7, 11) is 0. The van der Waals surface area contributed by atoms with Crippen molar-refractivity contribution in [3.05, 3.63) is 30.3 Å². The van der Waals surface area contributed by atoms with Gasteiger partial charge in [0.2, 0.25) is 5.82 Å². The van der Waals surface area contributed by atoms with Crippen LogP contribution in [0, 0.1) is 0 Å². The van der Waals surface area contributed by atoms with Gasteiger partial charge in [-0.15, -0.1) is 0 Å². The Balaban J connectivity index is 2.08. The lowest BCUT2D eigenvalue weighted by Gasteiger charge is -2.01. The highest BCUT2D eigenvalue weighted by Crippen LogP contribution is 2.16. The Morgan fingerprint density at radius 2 is 2.12 bits per heavy atom. The van der Waals surface area contributed by atoms with Crippen molar-refractivity contribution in [2.75, 3.05) is 11.9 Å². The van der Waals surface area contributed by atoms with Gasteiger partial charge in [-0.3, -0.25) is 0 Å². The van der Waals surface area contributed by atoms with Crippen molar-refractivity contribution in [1.29, 1.82) is 0 Å². The Hall–Kier alpha value is -1.88. The van der Waals surface area contributed by atoms with Crippen LogP contribution in [0.3, 0.4) is 0 Å². The minimum absolute atomic E-state index is 0.319. The summed E-state index contributed by atoms with van der Waals surface area (Å²) < 4.78 is 4.99. The largest absolute Gasteiger partial charge is 0.392 e. The molecule has 2 N–H and O–H groups in total. The second-order valence-corrected chi connectivity index (χ2v) is 3.52. The molecule has 0 aliphatic carbocycles. The highest BCUT2D eigenvalue weighted by atomic mass is 16.5. The van der Waals surface area contributed by atoms with Gasteiger partial charge in [0.05, 0.1) is 6.10 Å². The lowest BCUT2D eigenvalue weighted by atomic mass is 10.2. The second kappa shape index (κ2) is 4.76. The third-order valence-corrected chi connectivity index (χ3v) is 2.01. The second-order valence-electron chi connectivity index (χ2n) is 3.52. The van der Waals surface area contributed by atoms with Crippen LogP contribution >= 0.6 is 0 Å². The fourth-order valence-electron chi connectivity index (χ4n) is 1.23. The molecule has 1 atom stereocenters. The molecule has 0 amide bonds. The van der Waals surface area contributed by atoms with E-state index in [1.807, 2.05) is 30.3 Å². The van der Waals surface area contributed by atoms with Crippen LogP contribution in [0.25, 0.3) is 11.4 Å². The number of nitrogens with one attached hydrogen (secondary N) is 1. The molecule has 0 saturated heterocycles. The van der Waals surface area contributed by atoms with Gasteiger partial charge in [0, 0.05) is 12.1 Å². The van der Waals surface area contributed by atoms with Crippen LogP contribution in [-0.4, -0.2) is 27.9 Å². The zero-order valence-electron chi connectivity index (χ0n) is 8.92. The third-order valence-electron chi connectivity index (χ3n) is 2.01. The van der Waals surface area contributed by atoms with E-state index in [4.69, 9.17) is 9.63 Å². The van der Waals surface area contributed by atoms with Crippen LogP contribution in [0.5, 0.6) is 0 Å². The Morgan fingerprint density at radius 3 is 2.81 bits per heavy atom. The first-order valence-corrected chi connectivity index (χ1v) is 5.07. The standard InChI is InChI=1S/C11H13N3O2/c1-8(15)7-12-11-13-10(14-16-11)9-5-3-2-4-6-9/h2-6,8,15H,7H2,1H3,(H,12,13,14). The minimum atomic E-state index is -0.452.